The van der Waals surface area contributed by atoms with E-state index < -0.39 is 8.25 Å². The van der Waals surface area contributed by atoms with Crippen molar-refractivity contribution >= 4 is 8.25 Å². The van der Waals surface area contributed by atoms with Gasteiger partial charge < -0.3 is 18.7 Å². The lowest BCUT2D eigenvalue weighted by molar-refractivity contribution is 0.229. The minimum absolute atomic E-state index is 0.0787. The highest BCUT2D eigenvalue weighted by Crippen LogP contribution is 2.19. The molecule has 0 spiro atoms. The van der Waals surface area contributed by atoms with Crippen molar-refractivity contribution in [2.75, 3.05) is 7.11 Å². The van der Waals surface area contributed by atoms with E-state index in [4.69, 9.17) is 9.63 Å². The van der Waals surface area contributed by atoms with Crippen LogP contribution in [0.15, 0.2) is 10.6 Å². The summed E-state index contributed by atoms with van der Waals surface area (Å²) >= 11 is 0. The van der Waals surface area contributed by atoms with E-state index in [2.05, 4.69) is 14.2 Å². The van der Waals surface area contributed by atoms with Gasteiger partial charge >= 0.3 is 8.25 Å². The Morgan fingerprint density at radius 2 is 2.58 bits per heavy atom. The van der Waals surface area contributed by atoms with E-state index in [0.29, 0.717) is 11.6 Å². The molecule has 1 atom stereocenters. The van der Waals surface area contributed by atoms with Crippen LogP contribution in [0.5, 0.6) is 5.88 Å². The summed E-state index contributed by atoms with van der Waals surface area (Å²) in [7, 11) is -1.47. The first-order valence-electron chi connectivity index (χ1n) is 3.07. The van der Waals surface area contributed by atoms with E-state index >= 15 is 0 Å². The average Bonchev–Trinajstić information content (AvgIpc) is 2.48. The van der Waals surface area contributed by atoms with E-state index in [1.165, 1.54) is 13.2 Å². The Labute approximate surface area is 69.0 Å². The van der Waals surface area contributed by atoms with E-state index in [1.807, 2.05) is 0 Å². The fourth-order valence-electron chi connectivity index (χ4n) is 0.591. The predicted octanol–water partition coefficient (Wildman–Crippen LogP) is 0.582. The molecule has 0 aliphatic carbocycles. The lowest BCUT2D eigenvalue weighted by Gasteiger charge is -1.92. The SMILES string of the molecule is COc1cc(CO[PH](=O)O)on1. The number of methoxy groups -OCH3 is 1. The van der Waals surface area contributed by atoms with Crippen molar-refractivity contribution in [3.63, 3.8) is 0 Å². The number of hydrogen-bond acceptors (Lipinski definition) is 5. The van der Waals surface area contributed by atoms with Crippen LogP contribution in [0.3, 0.4) is 0 Å². The average molecular weight is 193 g/mol. The summed E-state index contributed by atoms with van der Waals surface area (Å²) in [6, 6.07) is 1.48. The molecule has 7 heteroatoms. The van der Waals surface area contributed by atoms with Gasteiger partial charge in [0.2, 0.25) is 0 Å². The molecule has 0 aliphatic rings. The van der Waals surface area contributed by atoms with Crippen LogP contribution < -0.4 is 4.74 Å². The predicted molar refractivity (Wildman–Crippen MR) is 39.1 cm³/mol. The van der Waals surface area contributed by atoms with E-state index in [9.17, 15) is 4.57 Å². The minimum Gasteiger partial charge on any atom is -0.479 e. The van der Waals surface area contributed by atoms with Crippen LogP contribution in [0.1, 0.15) is 5.76 Å². The highest BCUT2D eigenvalue weighted by molar-refractivity contribution is 7.32. The van der Waals surface area contributed by atoms with Gasteiger partial charge in [-0.15, -0.1) is 0 Å². The molecule has 1 aromatic heterocycles. The fourth-order valence-corrected chi connectivity index (χ4v) is 0.857. The highest BCUT2D eigenvalue weighted by atomic mass is 31.1. The van der Waals surface area contributed by atoms with Crippen molar-refractivity contribution in [1.29, 1.82) is 0 Å². The Kier molecular flexibility index (Phi) is 3.28. The molecule has 0 saturated carbocycles. The first kappa shape index (κ1) is 9.25. The second-order valence-corrected chi connectivity index (χ2v) is 2.71. The van der Waals surface area contributed by atoms with Gasteiger partial charge in [-0.25, -0.2) is 0 Å². The minimum atomic E-state index is -2.91. The first-order valence-corrected chi connectivity index (χ1v) is 4.34. The number of ether oxygens (including phenoxy) is 1. The smallest absolute Gasteiger partial charge is 0.317 e. The summed E-state index contributed by atoms with van der Waals surface area (Å²) in [6.07, 6.45) is 0. The third-order valence-electron chi connectivity index (χ3n) is 1.08. The summed E-state index contributed by atoms with van der Waals surface area (Å²) in [5, 5.41) is 3.46. The van der Waals surface area contributed by atoms with Gasteiger partial charge in [0.1, 0.15) is 6.61 Å². The van der Waals surface area contributed by atoms with Crippen molar-refractivity contribution < 1.29 is 23.2 Å². The van der Waals surface area contributed by atoms with Crippen LogP contribution >= 0.6 is 8.25 Å². The summed E-state index contributed by atoms with van der Waals surface area (Å²) in [4.78, 5) is 8.31. The van der Waals surface area contributed by atoms with Crippen LogP contribution in [0, 0.1) is 0 Å². The molecular weight excluding hydrogens is 185 g/mol. The molecule has 1 rings (SSSR count). The molecule has 0 aromatic carbocycles. The van der Waals surface area contributed by atoms with Gasteiger partial charge in [0.15, 0.2) is 5.76 Å². The van der Waals surface area contributed by atoms with Crippen molar-refractivity contribution in [1.82, 2.24) is 5.16 Å². The molecule has 1 N–H and O–H groups in total. The molecule has 0 amide bonds. The lowest BCUT2D eigenvalue weighted by Crippen LogP contribution is -1.81. The quantitative estimate of drug-likeness (QED) is 0.704. The van der Waals surface area contributed by atoms with Gasteiger partial charge in [0.05, 0.1) is 7.11 Å². The first-order chi connectivity index (χ1) is 5.72. The van der Waals surface area contributed by atoms with Gasteiger partial charge in [0, 0.05) is 6.07 Å². The van der Waals surface area contributed by atoms with Crippen LogP contribution in [0.2, 0.25) is 0 Å². The summed E-state index contributed by atoms with van der Waals surface area (Å²) in [6.45, 7) is -0.0787. The van der Waals surface area contributed by atoms with Crippen molar-refractivity contribution in [2.24, 2.45) is 0 Å². The molecule has 1 heterocycles. The van der Waals surface area contributed by atoms with Gasteiger partial charge in [-0.05, 0) is 5.16 Å². The Morgan fingerprint density at radius 1 is 1.83 bits per heavy atom. The van der Waals surface area contributed by atoms with Crippen LogP contribution in [-0.2, 0) is 15.7 Å². The van der Waals surface area contributed by atoms with Crippen molar-refractivity contribution in [3.05, 3.63) is 11.8 Å². The Hall–Kier alpha value is -0.840. The Balaban J connectivity index is 2.47. The monoisotopic (exact) mass is 193 g/mol. The molecule has 6 nitrogen and oxygen atoms in total. The maximum absolute atomic E-state index is 10.1. The molecule has 0 radical (unpaired) electrons. The normalized spacial score (nSPS) is 12.8. The maximum Gasteiger partial charge on any atom is 0.317 e. The molecule has 0 aliphatic heterocycles. The van der Waals surface area contributed by atoms with Gasteiger partial charge in [-0.3, -0.25) is 4.57 Å². The summed E-state index contributed by atoms with van der Waals surface area (Å²) < 4.78 is 23.9. The van der Waals surface area contributed by atoms with Crippen molar-refractivity contribution in [3.8, 4) is 5.88 Å². The van der Waals surface area contributed by atoms with Crippen molar-refractivity contribution in [2.45, 2.75) is 6.61 Å². The van der Waals surface area contributed by atoms with Gasteiger partial charge in [0.25, 0.3) is 5.88 Å². The molecular formula is C5H8NO5P. The largest absolute Gasteiger partial charge is 0.479 e. The lowest BCUT2D eigenvalue weighted by atomic mass is 10.5. The second-order valence-electron chi connectivity index (χ2n) is 1.89. The summed E-state index contributed by atoms with van der Waals surface area (Å²) in [5.41, 5.74) is 0. The zero-order valence-corrected chi connectivity index (χ0v) is 7.31. The molecule has 0 saturated heterocycles. The number of nitrogens with zero attached hydrogens (tertiary/aromatic N) is 1. The second kappa shape index (κ2) is 4.25. The number of aromatic nitrogens is 1. The maximum atomic E-state index is 10.1. The molecule has 68 valence electrons. The molecule has 0 fully saturated rings. The molecule has 0 bridgehead atoms. The standard InChI is InChI=1S/C5H8NO5P/c1-9-5-2-4(11-6-5)3-10-12(7)8/h2,12H,3H2,1H3,(H,7,8). The van der Waals surface area contributed by atoms with E-state index in [1.54, 1.807) is 0 Å². The summed E-state index contributed by atoms with van der Waals surface area (Å²) in [5.74, 6) is 0.658. The third-order valence-corrected chi connectivity index (χ3v) is 1.48. The van der Waals surface area contributed by atoms with E-state index in [0.717, 1.165) is 0 Å². The van der Waals surface area contributed by atoms with Gasteiger partial charge in [-0.1, -0.05) is 0 Å². The Bertz CT molecular complexity index is 273. The third kappa shape index (κ3) is 2.65. The Morgan fingerprint density at radius 3 is 3.08 bits per heavy atom. The number of hydrogen-bond donors (Lipinski definition) is 1. The zero-order chi connectivity index (χ0) is 8.97. The van der Waals surface area contributed by atoms with Crippen LogP contribution in [0.25, 0.3) is 0 Å². The fraction of sp³-hybridized carbons (Fsp3) is 0.400. The molecule has 1 unspecified atom stereocenters. The van der Waals surface area contributed by atoms with Gasteiger partial charge in [-0.2, -0.15) is 0 Å². The number of rotatable bonds is 4. The molecule has 12 heavy (non-hydrogen) atoms. The van der Waals surface area contributed by atoms with Crippen LogP contribution in [0.4, 0.5) is 0 Å². The van der Waals surface area contributed by atoms with Crippen LogP contribution in [-0.4, -0.2) is 17.2 Å². The molecule has 1 aromatic rings. The highest BCUT2D eigenvalue weighted by Gasteiger charge is 2.04. The zero-order valence-electron chi connectivity index (χ0n) is 6.31. The van der Waals surface area contributed by atoms with E-state index in [-0.39, 0.29) is 6.61 Å². The topological polar surface area (TPSA) is 81.8 Å².